The minimum Gasteiger partial charge on any atom is -0.454 e. The first kappa shape index (κ1) is 14.5. The molecule has 0 fully saturated rings. The Balaban J connectivity index is 1.37. The molecule has 1 aliphatic rings. The van der Waals surface area contributed by atoms with Gasteiger partial charge < -0.3 is 18.3 Å². The molecule has 1 N–H and O–H groups in total. The zero-order valence-corrected chi connectivity index (χ0v) is 13.1. The SMILES string of the molecule is O=C(Nc1nnc(-c2ccc3c(c2)OCO3)o1)c1nc2ccccc2o1. The van der Waals surface area contributed by atoms with Crippen LogP contribution in [0, 0.1) is 0 Å². The van der Waals surface area contributed by atoms with E-state index in [9.17, 15) is 4.79 Å². The molecule has 9 nitrogen and oxygen atoms in total. The number of nitrogens with one attached hydrogen (secondary N) is 1. The Bertz CT molecular complexity index is 1100. The highest BCUT2D eigenvalue weighted by molar-refractivity contribution is 6.01. The van der Waals surface area contributed by atoms with E-state index in [-0.39, 0.29) is 24.6 Å². The van der Waals surface area contributed by atoms with Gasteiger partial charge in [-0.3, -0.25) is 10.1 Å². The van der Waals surface area contributed by atoms with Gasteiger partial charge in [-0.1, -0.05) is 17.2 Å². The number of anilines is 1. The van der Waals surface area contributed by atoms with E-state index < -0.39 is 5.91 Å². The topological polar surface area (TPSA) is 113 Å². The van der Waals surface area contributed by atoms with Crippen LogP contribution < -0.4 is 14.8 Å². The average Bonchev–Trinajstić information content (AvgIpc) is 3.39. The van der Waals surface area contributed by atoms with Crippen molar-refractivity contribution >= 4 is 23.0 Å². The number of fused-ring (bicyclic) bond motifs is 2. The number of para-hydroxylation sites is 2. The van der Waals surface area contributed by atoms with E-state index in [1.807, 2.05) is 6.07 Å². The van der Waals surface area contributed by atoms with Gasteiger partial charge in [-0.2, -0.15) is 0 Å². The molecule has 0 atom stereocenters. The molecular formula is C17H10N4O5. The van der Waals surface area contributed by atoms with Crippen LogP contribution in [0.15, 0.2) is 51.3 Å². The second-order valence-corrected chi connectivity index (χ2v) is 5.42. The molecule has 0 saturated heterocycles. The van der Waals surface area contributed by atoms with Gasteiger partial charge in [-0.25, -0.2) is 4.98 Å². The van der Waals surface area contributed by atoms with Crippen LogP contribution in [-0.2, 0) is 0 Å². The Labute approximate surface area is 145 Å². The number of carbonyl (C=O) groups is 1. The smallest absolute Gasteiger partial charge is 0.322 e. The lowest BCUT2D eigenvalue weighted by atomic mass is 10.2. The lowest BCUT2D eigenvalue weighted by Gasteiger charge is -1.98. The van der Waals surface area contributed by atoms with Gasteiger partial charge in [0.05, 0.1) is 0 Å². The molecule has 4 aromatic rings. The zero-order chi connectivity index (χ0) is 17.5. The van der Waals surface area contributed by atoms with Crippen molar-refractivity contribution in [3.63, 3.8) is 0 Å². The molecule has 2 aromatic heterocycles. The highest BCUT2D eigenvalue weighted by Gasteiger charge is 2.19. The maximum absolute atomic E-state index is 12.3. The van der Waals surface area contributed by atoms with Crippen LogP contribution in [0.3, 0.4) is 0 Å². The Kier molecular flexibility index (Phi) is 3.11. The molecule has 1 amide bonds. The van der Waals surface area contributed by atoms with E-state index >= 15 is 0 Å². The van der Waals surface area contributed by atoms with Gasteiger partial charge in [0, 0.05) is 5.56 Å². The van der Waals surface area contributed by atoms with E-state index in [1.165, 1.54) is 0 Å². The van der Waals surface area contributed by atoms with Gasteiger partial charge >= 0.3 is 11.9 Å². The van der Waals surface area contributed by atoms with Crippen molar-refractivity contribution in [2.45, 2.75) is 0 Å². The summed E-state index contributed by atoms with van der Waals surface area (Å²) in [6, 6.07) is 12.2. The van der Waals surface area contributed by atoms with Crippen LogP contribution in [0.1, 0.15) is 10.7 Å². The van der Waals surface area contributed by atoms with Crippen molar-refractivity contribution < 1.29 is 23.1 Å². The third-order valence-electron chi connectivity index (χ3n) is 3.75. The first-order valence-corrected chi connectivity index (χ1v) is 7.67. The normalized spacial score (nSPS) is 12.5. The van der Waals surface area contributed by atoms with Crippen molar-refractivity contribution in [1.29, 1.82) is 0 Å². The standard InChI is InChI=1S/C17H10N4O5/c22-14(16-18-10-3-1-2-4-11(10)25-16)19-17-21-20-15(26-17)9-5-6-12-13(7-9)24-8-23-12/h1-7H,8H2,(H,19,21,22). The predicted octanol–water partition coefficient (Wildman–Crippen LogP) is 2.86. The van der Waals surface area contributed by atoms with Gasteiger partial charge in [0.1, 0.15) is 5.52 Å². The lowest BCUT2D eigenvalue weighted by molar-refractivity contribution is 0.0989. The molecule has 3 heterocycles. The Hall–Kier alpha value is -3.88. The van der Waals surface area contributed by atoms with E-state index in [0.29, 0.717) is 28.2 Å². The minimum absolute atomic E-state index is 0.0649. The number of oxazole rings is 1. The number of benzene rings is 2. The number of amides is 1. The maximum Gasteiger partial charge on any atom is 0.322 e. The quantitative estimate of drug-likeness (QED) is 0.600. The van der Waals surface area contributed by atoms with Crippen LogP contribution in [0.5, 0.6) is 11.5 Å². The number of carbonyl (C=O) groups excluding carboxylic acids is 1. The molecule has 26 heavy (non-hydrogen) atoms. The zero-order valence-electron chi connectivity index (χ0n) is 13.1. The number of hydrogen-bond acceptors (Lipinski definition) is 8. The fraction of sp³-hybridized carbons (Fsp3) is 0.0588. The molecule has 0 radical (unpaired) electrons. The first-order valence-electron chi connectivity index (χ1n) is 7.67. The Morgan fingerprint density at radius 2 is 1.88 bits per heavy atom. The largest absolute Gasteiger partial charge is 0.454 e. The maximum atomic E-state index is 12.3. The van der Waals surface area contributed by atoms with Crippen molar-refractivity contribution in [3.8, 4) is 23.0 Å². The lowest BCUT2D eigenvalue weighted by Crippen LogP contribution is -2.12. The summed E-state index contributed by atoms with van der Waals surface area (Å²) in [5, 5.41) is 10.2. The Morgan fingerprint density at radius 1 is 1.00 bits per heavy atom. The van der Waals surface area contributed by atoms with Gasteiger partial charge in [-0.15, -0.1) is 5.10 Å². The second-order valence-electron chi connectivity index (χ2n) is 5.42. The molecule has 9 heteroatoms. The summed E-state index contributed by atoms with van der Waals surface area (Å²) in [4.78, 5) is 16.4. The van der Waals surface area contributed by atoms with Gasteiger partial charge in [-0.05, 0) is 30.3 Å². The molecule has 2 aromatic carbocycles. The third-order valence-corrected chi connectivity index (χ3v) is 3.75. The summed E-state index contributed by atoms with van der Waals surface area (Å²) < 4.78 is 21.5. The molecule has 5 rings (SSSR count). The molecular weight excluding hydrogens is 340 g/mol. The van der Waals surface area contributed by atoms with E-state index in [4.69, 9.17) is 18.3 Å². The average molecular weight is 350 g/mol. The molecule has 0 bridgehead atoms. The van der Waals surface area contributed by atoms with Crippen LogP contribution in [-0.4, -0.2) is 27.9 Å². The fourth-order valence-corrected chi connectivity index (χ4v) is 2.54. The van der Waals surface area contributed by atoms with Crippen molar-refractivity contribution in [1.82, 2.24) is 15.2 Å². The van der Waals surface area contributed by atoms with Crippen LogP contribution in [0.2, 0.25) is 0 Å². The van der Waals surface area contributed by atoms with E-state index in [0.717, 1.165) is 0 Å². The van der Waals surface area contributed by atoms with Gasteiger partial charge in [0.25, 0.3) is 5.89 Å². The summed E-state index contributed by atoms with van der Waals surface area (Å²) in [6.45, 7) is 0.175. The number of rotatable bonds is 3. The van der Waals surface area contributed by atoms with Crippen molar-refractivity contribution in [2.24, 2.45) is 0 Å². The molecule has 0 unspecified atom stereocenters. The first-order chi connectivity index (χ1) is 12.8. The molecule has 0 aliphatic carbocycles. The van der Waals surface area contributed by atoms with Crippen LogP contribution in [0.25, 0.3) is 22.6 Å². The minimum atomic E-state index is -0.581. The third kappa shape index (κ3) is 2.42. The summed E-state index contributed by atoms with van der Waals surface area (Å²) in [5.41, 5.74) is 1.75. The summed E-state index contributed by atoms with van der Waals surface area (Å²) >= 11 is 0. The van der Waals surface area contributed by atoms with Gasteiger partial charge in [0.15, 0.2) is 17.1 Å². The van der Waals surface area contributed by atoms with Crippen LogP contribution in [0.4, 0.5) is 6.01 Å². The molecule has 128 valence electrons. The van der Waals surface area contributed by atoms with Gasteiger partial charge in [0.2, 0.25) is 12.7 Å². The van der Waals surface area contributed by atoms with Crippen molar-refractivity contribution in [2.75, 3.05) is 12.1 Å². The highest BCUT2D eigenvalue weighted by Crippen LogP contribution is 2.35. The second kappa shape index (κ2) is 5.59. The monoisotopic (exact) mass is 350 g/mol. The summed E-state index contributed by atoms with van der Waals surface area (Å²) in [6.07, 6.45) is 0. The van der Waals surface area contributed by atoms with E-state index in [1.54, 1.807) is 36.4 Å². The highest BCUT2D eigenvalue weighted by atomic mass is 16.7. The fourth-order valence-electron chi connectivity index (χ4n) is 2.54. The molecule has 1 aliphatic heterocycles. The van der Waals surface area contributed by atoms with E-state index in [2.05, 4.69) is 20.5 Å². The van der Waals surface area contributed by atoms with Crippen LogP contribution >= 0.6 is 0 Å². The number of nitrogens with zero attached hydrogens (tertiary/aromatic N) is 3. The number of hydrogen-bond donors (Lipinski definition) is 1. The molecule has 0 saturated carbocycles. The summed E-state index contributed by atoms with van der Waals surface area (Å²) in [7, 11) is 0. The Morgan fingerprint density at radius 3 is 2.81 bits per heavy atom. The number of ether oxygens (including phenoxy) is 2. The number of aromatic nitrogens is 3. The summed E-state index contributed by atoms with van der Waals surface area (Å²) in [5.74, 6) is 0.808. The van der Waals surface area contributed by atoms with Crippen molar-refractivity contribution in [3.05, 3.63) is 48.4 Å². The molecule has 0 spiro atoms. The predicted molar refractivity (Wildman–Crippen MR) is 87.8 cm³/mol.